The van der Waals surface area contributed by atoms with Crippen molar-refractivity contribution in [2.24, 2.45) is 0 Å². The van der Waals surface area contributed by atoms with Gasteiger partial charge in [0.1, 0.15) is 5.75 Å². The second kappa shape index (κ2) is 10.8. The van der Waals surface area contributed by atoms with Crippen LogP contribution >= 0.6 is 0 Å². The van der Waals surface area contributed by atoms with Gasteiger partial charge in [-0.2, -0.15) is 5.10 Å². The maximum Gasteiger partial charge on any atom is 0.266 e. The van der Waals surface area contributed by atoms with Crippen LogP contribution in [0.1, 0.15) is 17.7 Å². The molecule has 0 aliphatic carbocycles. The number of piperazine rings is 1. The fourth-order valence-electron chi connectivity index (χ4n) is 3.93. The van der Waals surface area contributed by atoms with Crippen LogP contribution in [0.4, 0.5) is 5.69 Å². The maximum absolute atomic E-state index is 12.2. The standard InChI is InChI=1S/C26H30N4O2/c1-32-25-13-11-24(12-14-25)29-20-18-28(19-21-29)16-5-17-30-26(31)15-10-23(27-30)9-8-22-6-3-2-4-7-22/h2-4,6-15H,5,16-21H2,1H3. The monoisotopic (exact) mass is 430 g/mol. The van der Waals surface area contributed by atoms with Gasteiger partial charge in [-0.05, 0) is 48.4 Å². The molecule has 1 aromatic heterocycles. The van der Waals surface area contributed by atoms with Crippen LogP contribution in [0.5, 0.6) is 5.75 Å². The van der Waals surface area contributed by atoms with E-state index in [1.165, 1.54) is 5.69 Å². The second-order valence-corrected chi connectivity index (χ2v) is 7.94. The molecule has 0 unspecified atom stereocenters. The Bertz CT molecular complexity index is 1070. The number of hydrogen-bond donors (Lipinski definition) is 0. The predicted octanol–water partition coefficient (Wildman–Crippen LogP) is 3.63. The van der Waals surface area contributed by atoms with Gasteiger partial charge in [0.2, 0.25) is 0 Å². The molecule has 2 heterocycles. The molecule has 2 aromatic carbocycles. The molecule has 166 valence electrons. The molecule has 0 spiro atoms. The molecule has 3 aromatic rings. The van der Waals surface area contributed by atoms with Crippen molar-refractivity contribution in [2.45, 2.75) is 13.0 Å². The summed E-state index contributed by atoms with van der Waals surface area (Å²) in [6, 6.07) is 21.7. The third-order valence-corrected chi connectivity index (χ3v) is 5.79. The molecule has 0 N–H and O–H groups in total. The molecular weight excluding hydrogens is 400 g/mol. The smallest absolute Gasteiger partial charge is 0.266 e. The highest BCUT2D eigenvalue weighted by Gasteiger charge is 2.17. The van der Waals surface area contributed by atoms with Crippen molar-refractivity contribution in [1.82, 2.24) is 14.7 Å². The molecule has 0 bridgehead atoms. The normalized spacial score (nSPS) is 14.7. The van der Waals surface area contributed by atoms with E-state index in [0.29, 0.717) is 6.54 Å². The lowest BCUT2D eigenvalue weighted by Crippen LogP contribution is -2.46. The fraction of sp³-hybridized carbons (Fsp3) is 0.308. The number of rotatable bonds is 8. The van der Waals surface area contributed by atoms with Gasteiger partial charge < -0.3 is 9.64 Å². The Morgan fingerprint density at radius 2 is 1.62 bits per heavy atom. The summed E-state index contributed by atoms with van der Waals surface area (Å²) in [6.45, 7) is 5.65. The van der Waals surface area contributed by atoms with Crippen molar-refractivity contribution in [3.05, 3.63) is 88.3 Å². The highest BCUT2D eigenvalue weighted by molar-refractivity contribution is 5.67. The van der Waals surface area contributed by atoms with Crippen LogP contribution in [0.25, 0.3) is 12.2 Å². The molecule has 4 rings (SSSR count). The van der Waals surface area contributed by atoms with E-state index in [9.17, 15) is 4.79 Å². The first-order valence-electron chi connectivity index (χ1n) is 11.1. The minimum Gasteiger partial charge on any atom is -0.497 e. The lowest BCUT2D eigenvalue weighted by Gasteiger charge is -2.36. The molecule has 0 atom stereocenters. The van der Waals surface area contributed by atoms with Gasteiger partial charge in [0.15, 0.2) is 0 Å². The number of ether oxygens (including phenoxy) is 1. The van der Waals surface area contributed by atoms with E-state index < -0.39 is 0 Å². The first-order chi connectivity index (χ1) is 15.7. The molecule has 1 aliphatic rings. The predicted molar refractivity (Wildman–Crippen MR) is 130 cm³/mol. The van der Waals surface area contributed by atoms with Gasteiger partial charge in [-0.1, -0.05) is 36.4 Å². The summed E-state index contributed by atoms with van der Waals surface area (Å²) in [5.74, 6) is 0.885. The summed E-state index contributed by atoms with van der Waals surface area (Å²) in [6.07, 6.45) is 4.87. The number of nitrogens with zero attached hydrogens (tertiary/aromatic N) is 4. The summed E-state index contributed by atoms with van der Waals surface area (Å²) in [5.41, 5.74) is 3.09. The Labute approximate surface area is 189 Å². The summed E-state index contributed by atoms with van der Waals surface area (Å²) >= 11 is 0. The van der Waals surface area contributed by atoms with Crippen LogP contribution in [-0.2, 0) is 6.54 Å². The average Bonchev–Trinajstić information content (AvgIpc) is 2.85. The van der Waals surface area contributed by atoms with Crippen LogP contribution in [0.3, 0.4) is 0 Å². The van der Waals surface area contributed by atoms with Crippen LogP contribution in [0.15, 0.2) is 71.5 Å². The zero-order valence-electron chi connectivity index (χ0n) is 18.6. The number of hydrogen-bond acceptors (Lipinski definition) is 5. The molecule has 0 saturated carbocycles. The van der Waals surface area contributed by atoms with Crippen LogP contribution in [-0.4, -0.2) is 54.5 Å². The first-order valence-corrected chi connectivity index (χ1v) is 11.1. The summed E-state index contributed by atoms with van der Waals surface area (Å²) in [4.78, 5) is 17.1. The molecule has 1 fully saturated rings. The van der Waals surface area contributed by atoms with Crippen LogP contribution < -0.4 is 15.2 Å². The van der Waals surface area contributed by atoms with Crippen molar-refractivity contribution >= 4 is 17.8 Å². The molecule has 6 heteroatoms. The number of benzene rings is 2. The quantitative estimate of drug-likeness (QED) is 0.546. The number of aromatic nitrogens is 2. The van der Waals surface area contributed by atoms with Crippen LogP contribution in [0.2, 0.25) is 0 Å². The van der Waals surface area contributed by atoms with Crippen LogP contribution in [0, 0.1) is 0 Å². The van der Waals surface area contributed by atoms with E-state index in [2.05, 4.69) is 27.0 Å². The van der Waals surface area contributed by atoms with Gasteiger partial charge in [0, 0.05) is 51.0 Å². The van der Waals surface area contributed by atoms with E-state index in [4.69, 9.17) is 4.74 Å². The summed E-state index contributed by atoms with van der Waals surface area (Å²) in [5, 5.41) is 4.52. The van der Waals surface area contributed by atoms with Gasteiger partial charge in [-0.3, -0.25) is 9.69 Å². The minimum atomic E-state index is -0.0498. The van der Waals surface area contributed by atoms with E-state index >= 15 is 0 Å². The SMILES string of the molecule is COc1ccc(N2CCN(CCCn3nc(C=Cc4ccccc4)ccc3=O)CC2)cc1. The lowest BCUT2D eigenvalue weighted by atomic mass is 10.2. The van der Waals surface area contributed by atoms with Gasteiger partial charge in [0.05, 0.1) is 12.8 Å². The zero-order chi connectivity index (χ0) is 22.2. The number of methoxy groups -OCH3 is 1. The number of aryl methyl sites for hydroxylation is 1. The molecule has 0 radical (unpaired) electrons. The number of anilines is 1. The van der Waals surface area contributed by atoms with Crippen molar-refractivity contribution in [2.75, 3.05) is 44.7 Å². The minimum absolute atomic E-state index is 0.0498. The molecule has 1 saturated heterocycles. The van der Waals surface area contributed by atoms with Crippen molar-refractivity contribution in [3.8, 4) is 5.75 Å². The molecule has 0 amide bonds. The van der Waals surface area contributed by atoms with Gasteiger partial charge in [-0.15, -0.1) is 0 Å². The average molecular weight is 431 g/mol. The van der Waals surface area contributed by atoms with Crippen molar-refractivity contribution < 1.29 is 4.74 Å². The highest BCUT2D eigenvalue weighted by Crippen LogP contribution is 2.20. The third kappa shape index (κ3) is 5.86. The maximum atomic E-state index is 12.2. The van der Waals surface area contributed by atoms with Gasteiger partial charge >= 0.3 is 0 Å². The highest BCUT2D eigenvalue weighted by atomic mass is 16.5. The fourth-order valence-corrected chi connectivity index (χ4v) is 3.93. The Morgan fingerprint density at radius 1 is 0.875 bits per heavy atom. The molecule has 1 aliphatic heterocycles. The lowest BCUT2D eigenvalue weighted by molar-refractivity contribution is 0.248. The zero-order valence-corrected chi connectivity index (χ0v) is 18.6. The first kappa shape index (κ1) is 21.8. The summed E-state index contributed by atoms with van der Waals surface area (Å²) < 4.78 is 6.83. The molecule has 6 nitrogen and oxygen atoms in total. The van der Waals surface area contributed by atoms with Gasteiger partial charge in [-0.25, -0.2) is 4.68 Å². The largest absolute Gasteiger partial charge is 0.497 e. The van der Waals surface area contributed by atoms with E-state index in [1.807, 2.05) is 54.6 Å². The third-order valence-electron chi connectivity index (χ3n) is 5.79. The molecule has 32 heavy (non-hydrogen) atoms. The van der Waals surface area contributed by atoms with Crippen molar-refractivity contribution in [3.63, 3.8) is 0 Å². The second-order valence-electron chi connectivity index (χ2n) is 7.94. The Morgan fingerprint density at radius 3 is 2.34 bits per heavy atom. The Kier molecular flexibility index (Phi) is 7.35. The Hall–Kier alpha value is -3.38. The van der Waals surface area contributed by atoms with E-state index in [1.54, 1.807) is 23.9 Å². The van der Waals surface area contributed by atoms with E-state index in [-0.39, 0.29) is 5.56 Å². The topological polar surface area (TPSA) is 50.6 Å². The van der Waals surface area contributed by atoms with Gasteiger partial charge in [0.25, 0.3) is 5.56 Å². The van der Waals surface area contributed by atoms with Crippen molar-refractivity contribution in [1.29, 1.82) is 0 Å². The summed E-state index contributed by atoms with van der Waals surface area (Å²) in [7, 11) is 1.69. The van der Waals surface area contributed by atoms with E-state index in [0.717, 1.165) is 56.2 Å². The Balaban J connectivity index is 1.25. The molecular formula is C26H30N4O2.